The quantitative estimate of drug-likeness (QED) is 0.624. The Morgan fingerprint density at radius 3 is 1.56 bits per heavy atom. The third kappa shape index (κ3) is 2.62. The zero-order valence-electron chi connectivity index (χ0n) is 3.92. The second kappa shape index (κ2) is 3.42. The molecule has 0 N–H and O–H groups in total. The van der Waals surface area contributed by atoms with E-state index in [1.807, 2.05) is 0 Å². The monoisotopic (exact) mass is 216 g/mol. The molecule has 0 aromatic carbocycles. The molecule has 0 aliphatic rings. The van der Waals surface area contributed by atoms with Crippen molar-refractivity contribution >= 4 is 46.4 Å². The molecule has 0 radical (unpaired) electrons. The Kier molecular flexibility index (Phi) is 3.81. The fraction of sp³-hybridized carbons (Fsp3) is 1.00. The van der Waals surface area contributed by atoms with Gasteiger partial charge in [-0.2, -0.15) is 0 Å². The van der Waals surface area contributed by atoms with Crippen LogP contribution in [-0.2, 0) is 0 Å². The van der Waals surface area contributed by atoms with Crippen LogP contribution < -0.4 is 0 Å². The Labute approximate surface area is 71.0 Å². The Hall–Kier alpha value is 1.02. The first-order chi connectivity index (χ1) is 3.89. The molecule has 0 aromatic heterocycles. The normalized spacial score (nSPS) is 21.7. The van der Waals surface area contributed by atoms with Crippen LogP contribution in [0.4, 0.5) is 8.78 Å². The molecule has 6 heteroatoms. The van der Waals surface area contributed by atoms with E-state index >= 15 is 0 Å². The molecule has 0 heterocycles. The first-order valence-corrected chi connectivity index (χ1v) is 3.52. The molecule has 0 nitrogen and oxygen atoms in total. The van der Waals surface area contributed by atoms with Crippen LogP contribution in [0, 0.1) is 0 Å². The van der Waals surface area contributed by atoms with Gasteiger partial charge in [-0.25, -0.2) is 8.78 Å². The van der Waals surface area contributed by atoms with Crippen molar-refractivity contribution < 1.29 is 8.78 Å². The van der Waals surface area contributed by atoms with Crippen LogP contribution in [0.3, 0.4) is 0 Å². The molecule has 9 heavy (non-hydrogen) atoms. The maximum Gasteiger partial charge on any atom is 0.258 e. The lowest BCUT2D eigenvalue weighted by molar-refractivity contribution is 0.200. The van der Waals surface area contributed by atoms with E-state index in [1.54, 1.807) is 0 Å². The van der Waals surface area contributed by atoms with E-state index in [-0.39, 0.29) is 0 Å². The van der Waals surface area contributed by atoms with Crippen molar-refractivity contribution in [3.05, 3.63) is 0 Å². The van der Waals surface area contributed by atoms with Crippen LogP contribution in [0.2, 0.25) is 0 Å². The molecule has 0 bridgehead atoms. The van der Waals surface area contributed by atoms with E-state index in [1.165, 1.54) is 0 Å². The summed E-state index contributed by atoms with van der Waals surface area (Å²) in [5, 5.41) is -2.90. The Balaban J connectivity index is 4.01. The zero-order valence-corrected chi connectivity index (χ0v) is 6.95. The molecular formula is C3H2Cl4F2. The predicted octanol–water partition coefficient (Wildman–Crippen LogP) is 3.23. The summed E-state index contributed by atoms with van der Waals surface area (Å²) in [6.07, 6.45) is 0. The van der Waals surface area contributed by atoms with Gasteiger partial charge in [0.15, 0.2) is 4.84 Å². The second-order valence-electron chi connectivity index (χ2n) is 1.28. The van der Waals surface area contributed by atoms with Gasteiger partial charge in [-0.15, -0.1) is 23.2 Å². The highest BCUT2D eigenvalue weighted by Gasteiger charge is 2.43. The summed E-state index contributed by atoms with van der Waals surface area (Å²) in [7, 11) is 0. The molecule has 0 rings (SSSR count). The summed E-state index contributed by atoms with van der Waals surface area (Å²) >= 11 is 19.2. The van der Waals surface area contributed by atoms with E-state index in [9.17, 15) is 8.78 Å². The summed E-state index contributed by atoms with van der Waals surface area (Å²) < 4.78 is 24.1. The van der Waals surface area contributed by atoms with Gasteiger partial charge < -0.3 is 0 Å². The number of hydrogen-bond acceptors (Lipinski definition) is 0. The predicted molar refractivity (Wildman–Crippen MR) is 35.9 cm³/mol. The van der Waals surface area contributed by atoms with Crippen LogP contribution in [0.5, 0.6) is 0 Å². The topological polar surface area (TPSA) is 0 Å². The van der Waals surface area contributed by atoms with Gasteiger partial charge in [-0.3, -0.25) is 0 Å². The highest BCUT2D eigenvalue weighted by atomic mass is 35.5. The highest BCUT2D eigenvalue weighted by Crippen LogP contribution is 2.36. The third-order valence-corrected chi connectivity index (χ3v) is 2.28. The van der Waals surface area contributed by atoms with Gasteiger partial charge >= 0.3 is 0 Å². The molecule has 0 saturated heterocycles. The van der Waals surface area contributed by atoms with Crippen molar-refractivity contribution in [2.24, 2.45) is 0 Å². The Bertz CT molecular complexity index is 81.8. The highest BCUT2D eigenvalue weighted by molar-refractivity contribution is 6.50. The summed E-state index contributed by atoms with van der Waals surface area (Å²) in [5.74, 6) is 0. The van der Waals surface area contributed by atoms with Crippen LogP contribution >= 0.6 is 46.4 Å². The molecule has 0 aliphatic carbocycles. The molecule has 0 fully saturated rings. The van der Waals surface area contributed by atoms with Crippen LogP contribution in [0.1, 0.15) is 0 Å². The SMILES string of the molecule is FC(Cl)C(F)(Cl)C(Cl)Cl. The summed E-state index contributed by atoms with van der Waals surface area (Å²) in [6.45, 7) is 0. The van der Waals surface area contributed by atoms with Gasteiger partial charge in [0.1, 0.15) is 0 Å². The van der Waals surface area contributed by atoms with Gasteiger partial charge in [0.2, 0.25) is 5.63 Å². The standard InChI is InChI=1S/C3H2Cl4F2/c4-1(5)3(7,9)2(6)8/h1-2H. The fourth-order valence-corrected chi connectivity index (χ4v) is 0.571. The Morgan fingerprint density at radius 1 is 1.22 bits per heavy atom. The number of alkyl halides is 6. The molecule has 0 saturated carbocycles. The third-order valence-electron chi connectivity index (χ3n) is 0.582. The smallest absolute Gasteiger partial charge is 0.225 e. The summed E-state index contributed by atoms with van der Waals surface area (Å²) in [6, 6.07) is 0. The van der Waals surface area contributed by atoms with E-state index in [0.29, 0.717) is 0 Å². The molecule has 2 atom stereocenters. The zero-order chi connectivity index (χ0) is 7.65. The van der Waals surface area contributed by atoms with E-state index in [4.69, 9.17) is 34.8 Å². The van der Waals surface area contributed by atoms with Crippen molar-refractivity contribution in [1.82, 2.24) is 0 Å². The molecule has 0 amide bonds. The van der Waals surface area contributed by atoms with E-state index in [2.05, 4.69) is 11.6 Å². The molecule has 0 aromatic rings. The van der Waals surface area contributed by atoms with Crippen molar-refractivity contribution in [3.63, 3.8) is 0 Å². The number of halogens is 6. The molecule has 56 valence electrons. The largest absolute Gasteiger partial charge is 0.258 e. The second-order valence-corrected chi connectivity index (χ2v) is 3.33. The molecule has 0 spiro atoms. The van der Waals surface area contributed by atoms with Gasteiger partial charge in [0.25, 0.3) is 5.13 Å². The molecule has 2 unspecified atom stereocenters. The Morgan fingerprint density at radius 2 is 1.56 bits per heavy atom. The van der Waals surface area contributed by atoms with Crippen molar-refractivity contribution in [1.29, 1.82) is 0 Å². The van der Waals surface area contributed by atoms with E-state index < -0.39 is 15.6 Å². The van der Waals surface area contributed by atoms with Gasteiger partial charge in [-0.05, 0) is 0 Å². The minimum absolute atomic E-state index is 1.67. The molecule has 0 aliphatic heterocycles. The lowest BCUT2D eigenvalue weighted by atomic mass is 10.5. The van der Waals surface area contributed by atoms with Crippen LogP contribution in [0.25, 0.3) is 0 Å². The fourth-order valence-electron chi connectivity index (χ4n) is 0.0952. The van der Waals surface area contributed by atoms with Crippen molar-refractivity contribution in [2.45, 2.75) is 15.6 Å². The van der Waals surface area contributed by atoms with Gasteiger partial charge in [0.05, 0.1) is 0 Å². The van der Waals surface area contributed by atoms with Crippen molar-refractivity contribution in [3.8, 4) is 0 Å². The van der Waals surface area contributed by atoms with Crippen molar-refractivity contribution in [2.75, 3.05) is 0 Å². The van der Waals surface area contributed by atoms with Crippen LogP contribution in [0.15, 0.2) is 0 Å². The minimum Gasteiger partial charge on any atom is -0.225 e. The summed E-state index contributed by atoms with van der Waals surface area (Å²) in [4.78, 5) is -1.67. The van der Waals surface area contributed by atoms with Gasteiger partial charge in [-0.1, -0.05) is 23.2 Å². The average Bonchev–Trinajstić information content (AvgIpc) is 1.65. The number of rotatable bonds is 2. The molecular weight excluding hydrogens is 216 g/mol. The lowest BCUT2D eigenvalue weighted by Gasteiger charge is -2.17. The first kappa shape index (κ1) is 10.0. The first-order valence-electron chi connectivity index (χ1n) is 1.83. The maximum atomic E-state index is 12.3. The maximum absolute atomic E-state index is 12.3. The lowest BCUT2D eigenvalue weighted by Crippen LogP contribution is -2.31. The van der Waals surface area contributed by atoms with E-state index in [0.717, 1.165) is 0 Å². The minimum atomic E-state index is -2.90. The average molecular weight is 218 g/mol. The summed E-state index contributed by atoms with van der Waals surface area (Å²) in [5.41, 5.74) is -2.40. The van der Waals surface area contributed by atoms with Crippen LogP contribution in [-0.4, -0.2) is 15.6 Å². The van der Waals surface area contributed by atoms with Gasteiger partial charge in [0, 0.05) is 0 Å². The number of hydrogen-bond donors (Lipinski definition) is 0.